The summed E-state index contributed by atoms with van der Waals surface area (Å²) in [6.07, 6.45) is 4.72. The number of carbonyl (C=O) groups is 2. The summed E-state index contributed by atoms with van der Waals surface area (Å²) in [4.78, 5) is 31.8. The fourth-order valence-corrected chi connectivity index (χ4v) is 3.46. The Bertz CT molecular complexity index is 896. The molecule has 152 valence electrons. The number of piperazine rings is 1. The van der Waals surface area contributed by atoms with Gasteiger partial charge in [-0.2, -0.15) is 0 Å². The maximum atomic E-state index is 12.6. The fourth-order valence-electron chi connectivity index (χ4n) is 3.19. The van der Waals surface area contributed by atoms with Crippen molar-refractivity contribution in [3.8, 4) is 16.9 Å². The maximum absolute atomic E-state index is 12.6. The molecule has 1 aliphatic heterocycles. The van der Waals surface area contributed by atoms with Gasteiger partial charge in [-0.25, -0.2) is 0 Å². The topological polar surface area (TPSA) is 74.8 Å². The van der Waals surface area contributed by atoms with E-state index in [1.54, 1.807) is 35.4 Å². The molecule has 0 saturated carbocycles. The van der Waals surface area contributed by atoms with Crippen molar-refractivity contribution in [3.63, 3.8) is 0 Å². The highest BCUT2D eigenvalue weighted by molar-refractivity contribution is 6.33. The molecule has 0 spiro atoms. The van der Waals surface area contributed by atoms with Crippen molar-refractivity contribution in [2.75, 3.05) is 45.2 Å². The summed E-state index contributed by atoms with van der Waals surface area (Å²) >= 11 is 6.40. The van der Waals surface area contributed by atoms with Gasteiger partial charge in [0.15, 0.2) is 0 Å². The number of halogens is 1. The van der Waals surface area contributed by atoms with Crippen molar-refractivity contribution in [3.05, 3.63) is 54.3 Å². The van der Waals surface area contributed by atoms with Crippen molar-refractivity contribution in [1.82, 2.24) is 14.8 Å². The Morgan fingerprint density at radius 3 is 2.62 bits per heavy atom. The van der Waals surface area contributed by atoms with Crippen LogP contribution in [0.4, 0.5) is 5.69 Å². The number of nitrogens with zero attached hydrogens (tertiary/aromatic N) is 3. The molecule has 2 heterocycles. The third-order valence-corrected chi connectivity index (χ3v) is 5.12. The Morgan fingerprint density at radius 1 is 1.28 bits per heavy atom. The summed E-state index contributed by atoms with van der Waals surface area (Å²) < 4.78 is 5.41. The van der Waals surface area contributed by atoms with Crippen LogP contribution in [0.3, 0.4) is 0 Å². The van der Waals surface area contributed by atoms with E-state index in [-0.39, 0.29) is 18.4 Å². The van der Waals surface area contributed by atoms with Crippen LogP contribution < -0.4 is 10.1 Å². The van der Waals surface area contributed by atoms with Gasteiger partial charge in [-0.3, -0.25) is 14.6 Å². The van der Waals surface area contributed by atoms with Crippen molar-refractivity contribution in [2.24, 2.45) is 0 Å². The average Bonchev–Trinajstić information content (AvgIpc) is 2.77. The van der Waals surface area contributed by atoms with Gasteiger partial charge < -0.3 is 19.9 Å². The van der Waals surface area contributed by atoms with Crippen LogP contribution in [0.2, 0.25) is 5.02 Å². The Morgan fingerprint density at radius 2 is 2.00 bits per heavy atom. The second-order valence-corrected chi connectivity index (χ2v) is 6.94. The number of methoxy groups -OCH3 is 1. The summed E-state index contributed by atoms with van der Waals surface area (Å²) in [7, 11) is 1.55. The molecule has 1 fully saturated rings. The minimum absolute atomic E-state index is 0.0457. The molecule has 8 heteroatoms. The van der Waals surface area contributed by atoms with Crippen molar-refractivity contribution >= 4 is 29.1 Å². The summed E-state index contributed by atoms with van der Waals surface area (Å²) in [5, 5.41) is 3.69. The highest BCUT2D eigenvalue weighted by atomic mass is 35.5. The molecule has 1 saturated heterocycles. The lowest BCUT2D eigenvalue weighted by Crippen LogP contribution is -2.51. The van der Waals surface area contributed by atoms with Gasteiger partial charge in [-0.15, -0.1) is 0 Å². The largest absolute Gasteiger partial charge is 0.495 e. The van der Waals surface area contributed by atoms with Crippen LogP contribution in [0.1, 0.15) is 0 Å². The van der Waals surface area contributed by atoms with Crippen LogP contribution >= 0.6 is 11.6 Å². The quantitative estimate of drug-likeness (QED) is 0.735. The van der Waals surface area contributed by atoms with Crippen molar-refractivity contribution in [2.45, 2.75) is 0 Å². The molecular formula is C21H23ClN4O3. The van der Waals surface area contributed by atoms with E-state index in [9.17, 15) is 9.59 Å². The van der Waals surface area contributed by atoms with Gasteiger partial charge in [0.2, 0.25) is 11.8 Å². The minimum Gasteiger partial charge on any atom is -0.495 e. The van der Waals surface area contributed by atoms with Gasteiger partial charge in [-0.1, -0.05) is 24.2 Å². The van der Waals surface area contributed by atoms with Crippen LogP contribution in [0.5, 0.6) is 5.75 Å². The Labute approximate surface area is 174 Å². The fraction of sp³-hybridized carbons (Fsp3) is 0.286. The van der Waals surface area contributed by atoms with E-state index in [4.69, 9.17) is 16.3 Å². The van der Waals surface area contributed by atoms with Gasteiger partial charge >= 0.3 is 0 Å². The van der Waals surface area contributed by atoms with Crippen LogP contribution in [-0.4, -0.2) is 66.4 Å². The molecule has 0 bridgehead atoms. The second kappa shape index (κ2) is 9.43. The van der Waals surface area contributed by atoms with Gasteiger partial charge in [0, 0.05) is 55.8 Å². The van der Waals surface area contributed by atoms with E-state index in [1.807, 2.05) is 18.2 Å². The molecule has 1 N–H and O–H groups in total. The molecule has 2 aromatic rings. The summed E-state index contributed by atoms with van der Waals surface area (Å²) in [6, 6.07) is 7.32. The van der Waals surface area contributed by atoms with Gasteiger partial charge in [0.05, 0.1) is 24.4 Å². The van der Waals surface area contributed by atoms with E-state index in [0.717, 1.165) is 11.1 Å². The molecule has 3 rings (SSSR count). The Kier molecular flexibility index (Phi) is 6.72. The molecule has 2 amide bonds. The summed E-state index contributed by atoms with van der Waals surface area (Å²) in [6.45, 7) is 5.62. The molecule has 1 aliphatic rings. The van der Waals surface area contributed by atoms with E-state index < -0.39 is 0 Å². The summed E-state index contributed by atoms with van der Waals surface area (Å²) in [5.41, 5.74) is 2.34. The highest BCUT2D eigenvalue weighted by Gasteiger charge is 2.23. The Hall–Kier alpha value is -3.06. The van der Waals surface area contributed by atoms with Crippen LogP contribution in [0, 0.1) is 0 Å². The first-order valence-corrected chi connectivity index (χ1v) is 9.62. The standard InChI is InChI=1S/C21H23ClN4O3/c1-3-20(27)25-7-9-26(10-8-25)21(28)14-24-18-11-16(15-5-4-6-23-13-15)17(22)12-19(18)29-2/h3-6,11-13,24H,1,7-10,14H2,2H3. The lowest BCUT2D eigenvalue weighted by Gasteiger charge is -2.34. The number of hydrogen-bond acceptors (Lipinski definition) is 5. The van der Waals surface area contributed by atoms with Crippen LogP contribution in [-0.2, 0) is 9.59 Å². The normalized spacial score (nSPS) is 13.7. The van der Waals surface area contributed by atoms with Crippen LogP contribution in [0.15, 0.2) is 49.3 Å². The van der Waals surface area contributed by atoms with Gasteiger partial charge in [0.1, 0.15) is 5.75 Å². The molecule has 0 unspecified atom stereocenters. The number of amides is 2. The van der Waals surface area contributed by atoms with Crippen molar-refractivity contribution in [1.29, 1.82) is 0 Å². The smallest absolute Gasteiger partial charge is 0.246 e. The third-order valence-electron chi connectivity index (χ3n) is 4.81. The predicted molar refractivity (Wildman–Crippen MR) is 113 cm³/mol. The van der Waals surface area contributed by atoms with Crippen molar-refractivity contribution < 1.29 is 14.3 Å². The Balaban J connectivity index is 1.68. The van der Waals surface area contributed by atoms with E-state index in [1.165, 1.54) is 6.08 Å². The van der Waals surface area contributed by atoms with E-state index in [0.29, 0.717) is 42.6 Å². The SMILES string of the molecule is C=CC(=O)N1CCN(C(=O)CNc2cc(-c3cccnc3)c(Cl)cc2OC)CC1. The molecule has 0 radical (unpaired) electrons. The zero-order valence-corrected chi connectivity index (χ0v) is 17.0. The molecule has 1 aromatic heterocycles. The highest BCUT2D eigenvalue weighted by Crippen LogP contribution is 2.36. The van der Waals surface area contributed by atoms with Crippen LogP contribution in [0.25, 0.3) is 11.1 Å². The lowest BCUT2D eigenvalue weighted by molar-refractivity contribution is -0.135. The first-order chi connectivity index (χ1) is 14.0. The zero-order valence-electron chi connectivity index (χ0n) is 16.2. The molecule has 1 aromatic carbocycles. The third kappa shape index (κ3) is 4.86. The number of hydrogen-bond donors (Lipinski definition) is 1. The molecular weight excluding hydrogens is 392 g/mol. The molecule has 29 heavy (non-hydrogen) atoms. The second-order valence-electron chi connectivity index (χ2n) is 6.54. The lowest BCUT2D eigenvalue weighted by atomic mass is 10.1. The van der Waals surface area contributed by atoms with Gasteiger partial charge in [0.25, 0.3) is 0 Å². The minimum atomic E-state index is -0.107. The maximum Gasteiger partial charge on any atom is 0.246 e. The van der Waals surface area contributed by atoms with Gasteiger partial charge in [-0.05, 0) is 18.2 Å². The molecule has 0 atom stereocenters. The number of aromatic nitrogens is 1. The average molecular weight is 415 g/mol. The first-order valence-electron chi connectivity index (χ1n) is 9.24. The molecule has 7 nitrogen and oxygen atoms in total. The number of ether oxygens (including phenoxy) is 1. The summed E-state index contributed by atoms with van der Waals surface area (Å²) in [5.74, 6) is 0.400. The first kappa shape index (κ1) is 20.7. The number of benzene rings is 1. The number of anilines is 1. The molecule has 0 aliphatic carbocycles. The number of nitrogens with one attached hydrogen (secondary N) is 1. The zero-order chi connectivity index (χ0) is 20.8. The van der Waals surface area contributed by atoms with E-state index in [2.05, 4.69) is 16.9 Å². The van der Waals surface area contributed by atoms with E-state index >= 15 is 0 Å². The number of rotatable bonds is 6. The number of pyridine rings is 1. The number of carbonyl (C=O) groups excluding carboxylic acids is 2. The predicted octanol–water partition coefficient (Wildman–Crippen LogP) is 2.68. The monoisotopic (exact) mass is 414 g/mol.